The van der Waals surface area contributed by atoms with Crippen molar-refractivity contribution >= 4 is 16.9 Å². The molecule has 128 valence electrons. The standard InChI is InChI=1S/C20H21N3O2/c1-3-19(24)21-15(2)20-22-17-11-7-8-12-18(17)23(20)13-14-25-16-9-5-4-6-10-16/h3-12,15H,1,13-14H2,2H3,(H,21,24). The Kier molecular flexibility index (Phi) is 5.14. The molecular weight excluding hydrogens is 314 g/mol. The molecule has 5 heteroatoms. The molecule has 25 heavy (non-hydrogen) atoms. The smallest absolute Gasteiger partial charge is 0.243 e. The summed E-state index contributed by atoms with van der Waals surface area (Å²) in [7, 11) is 0. The van der Waals surface area contributed by atoms with E-state index in [-0.39, 0.29) is 11.9 Å². The van der Waals surface area contributed by atoms with Gasteiger partial charge in [0, 0.05) is 0 Å². The molecule has 0 radical (unpaired) electrons. The van der Waals surface area contributed by atoms with Gasteiger partial charge < -0.3 is 14.6 Å². The monoisotopic (exact) mass is 335 g/mol. The fourth-order valence-corrected chi connectivity index (χ4v) is 2.77. The predicted molar refractivity (Wildman–Crippen MR) is 98.4 cm³/mol. The number of aromatic nitrogens is 2. The number of carbonyl (C=O) groups is 1. The molecule has 0 bridgehead atoms. The highest BCUT2D eigenvalue weighted by atomic mass is 16.5. The van der Waals surface area contributed by atoms with Crippen LogP contribution in [0.25, 0.3) is 11.0 Å². The first-order valence-corrected chi connectivity index (χ1v) is 8.25. The lowest BCUT2D eigenvalue weighted by Gasteiger charge is -2.16. The van der Waals surface area contributed by atoms with Crippen molar-refractivity contribution in [3.8, 4) is 5.75 Å². The normalized spacial score (nSPS) is 11.9. The van der Waals surface area contributed by atoms with Crippen LogP contribution in [0.4, 0.5) is 0 Å². The van der Waals surface area contributed by atoms with E-state index in [4.69, 9.17) is 4.74 Å². The number of nitrogens with one attached hydrogen (secondary N) is 1. The van der Waals surface area contributed by atoms with E-state index in [2.05, 4.69) is 21.4 Å². The van der Waals surface area contributed by atoms with E-state index in [1.807, 2.05) is 61.5 Å². The van der Waals surface area contributed by atoms with E-state index in [0.717, 1.165) is 22.6 Å². The molecule has 2 aromatic carbocycles. The molecule has 1 heterocycles. The van der Waals surface area contributed by atoms with Crippen LogP contribution in [0.2, 0.25) is 0 Å². The molecule has 0 aliphatic heterocycles. The first-order valence-electron chi connectivity index (χ1n) is 8.25. The summed E-state index contributed by atoms with van der Waals surface area (Å²) in [5, 5.41) is 2.87. The molecule has 3 aromatic rings. The maximum absolute atomic E-state index is 11.6. The average Bonchev–Trinajstić information content (AvgIpc) is 3.01. The van der Waals surface area contributed by atoms with Gasteiger partial charge in [-0.1, -0.05) is 36.9 Å². The minimum Gasteiger partial charge on any atom is -0.492 e. The molecule has 0 saturated carbocycles. The Hall–Kier alpha value is -3.08. The number of fused-ring (bicyclic) bond motifs is 1. The molecule has 0 fully saturated rings. The third-order valence-corrected chi connectivity index (χ3v) is 3.94. The second-order valence-corrected chi connectivity index (χ2v) is 5.71. The van der Waals surface area contributed by atoms with Crippen molar-refractivity contribution in [1.29, 1.82) is 0 Å². The number of nitrogens with zero attached hydrogens (tertiary/aromatic N) is 2. The van der Waals surface area contributed by atoms with E-state index in [1.165, 1.54) is 6.08 Å². The number of carbonyl (C=O) groups excluding carboxylic acids is 1. The van der Waals surface area contributed by atoms with E-state index in [1.54, 1.807) is 0 Å². The van der Waals surface area contributed by atoms with Crippen LogP contribution in [0.15, 0.2) is 67.3 Å². The van der Waals surface area contributed by atoms with Gasteiger partial charge in [0.25, 0.3) is 0 Å². The first-order chi connectivity index (χ1) is 12.2. The molecule has 1 amide bonds. The number of hydrogen-bond donors (Lipinski definition) is 1. The Morgan fingerprint density at radius 2 is 1.96 bits per heavy atom. The van der Waals surface area contributed by atoms with E-state index in [0.29, 0.717) is 13.2 Å². The van der Waals surface area contributed by atoms with Crippen molar-refractivity contribution < 1.29 is 9.53 Å². The first kappa shape index (κ1) is 16.8. The maximum Gasteiger partial charge on any atom is 0.243 e. The van der Waals surface area contributed by atoms with Crippen molar-refractivity contribution in [3.05, 3.63) is 73.1 Å². The van der Waals surface area contributed by atoms with Crippen LogP contribution in [0, 0.1) is 0 Å². The van der Waals surface area contributed by atoms with Gasteiger partial charge in [0.05, 0.1) is 23.6 Å². The lowest BCUT2D eigenvalue weighted by atomic mass is 10.3. The van der Waals surface area contributed by atoms with Crippen molar-refractivity contribution in [3.63, 3.8) is 0 Å². The van der Waals surface area contributed by atoms with E-state index < -0.39 is 0 Å². The van der Waals surface area contributed by atoms with Crippen molar-refractivity contribution in [1.82, 2.24) is 14.9 Å². The number of amides is 1. The zero-order chi connectivity index (χ0) is 17.6. The number of hydrogen-bond acceptors (Lipinski definition) is 3. The molecule has 0 aliphatic rings. The predicted octanol–water partition coefficient (Wildman–Crippen LogP) is 3.48. The van der Waals surface area contributed by atoms with Gasteiger partial charge in [-0.25, -0.2) is 4.98 Å². The number of ether oxygens (including phenoxy) is 1. The second kappa shape index (κ2) is 7.66. The molecule has 0 spiro atoms. The highest BCUT2D eigenvalue weighted by molar-refractivity contribution is 5.87. The molecular formula is C20H21N3O2. The summed E-state index contributed by atoms with van der Waals surface area (Å²) in [6.07, 6.45) is 1.27. The largest absolute Gasteiger partial charge is 0.492 e. The molecule has 1 aromatic heterocycles. The third kappa shape index (κ3) is 3.88. The van der Waals surface area contributed by atoms with Gasteiger partial charge in [0.15, 0.2) is 0 Å². The minimum atomic E-state index is -0.227. The van der Waals surface area contributed by atoms with Crippen LogP contribution >= 0.6 is 0 Å². The lowest BCUT2D eigenvalue weighted by molar-refractivity contribution is -0.117. The zero-order valence-electron chi connectivity index (χ0n) is 14.2. The number of para-hydroxylation sites is 3. The molecule has 1 unspecified atom stereocenters. The van der Waals surface area contributed by atoms with E-state index in [9.17, 15) is 4.79 Å². The fraction of sp³-hybridized carbons (Fsp3) is 0.200. The minimum absolute atomic E-state index is 0.216. The Balaban J connectivity index is 1.82. The third-order valence-electron chi connectivity index (χ3n) is 3.94. The Morgan fingerprint density at radius 1 is 1.24 bits per heavy atom. The Bertz CT molecular complexity index is 871. The summed E-state index contributed by atoms with van der Waals surface area (Å²) < 4.78 is 7.90. The molecule has 0 saturated heterocycles. The maximum atomic E-state index is 11.6. The SMILES string of the molecule is C=CC(=O)NC(C)c1nc2ccccc2n1CCOc1ccccc1. The second-order valence-electron chi connectivity index (χ2n) is 5.71. The summed E-state index contributed by atoms with van der Waals surface area (Å²) in [4.78, 5) is 16.3. The van der Waals surface area contributed by atoms with Crippen LogP contribution in [0.5, 0.6) is 5.75 Å². The van der Waals surface area contributed by atoms with Crippen LogP contribution in [0.1, 0.15) is 18.8 Å². The van der Waals surface area contributed by atoms with Gasteiger partial charge in [-0.15, -0.1) is 0 Å². The summed E-state index contributed by atoms with van der Waals surface area (Å²) in [5.41, 5.74) is 1.92. The summed E-state index contributed by atoms with van der Waals surface area (Å²) in [6, 6.07) is 17.4. The van der Waals surface area contributed by atoms with Gasteiger partial charge in [-0.3, -0.25) is 4.79 Å². The highest BCUT2D eigenvalue weighted by Gasteiger charge is 2.17. The molecule has 1 N–H and O–H groups in total. The van der Waals surface area contributed by atoms with Gasteiger partial charge in [-0.05, 0) is 37.3 Å². The van der Waals surface area contributed by atoms with E-state index >= 15 is 0 Å². The summed E-state index contributed by atoms with van der Waals surface area (Å²) in [6.45, 7) is 6.56. The Morgan fingerprint density at radius 3 is 2.72 bits per heavy atom. The van der Waals surface area contributed by atoms with Crippen LogP contribution < -0.4 is 10.1 Å². The molecule has 1 atom stereocenters. The Labute approximate surface area is 146 Å². The topological polar surface area (TPSA) is 56.2 Å². The lowest BCUT2D eigenvalue weighted by Crippen LogP contribution is -2.27. The van der Waals surface area contributed by atoms with Crippen LogP contribution in [0.3, 0.4) is 0 Å². The van der Waals surface area contributed by atoms with Crippen LogP contribution in [-0.4, -0.2) is 22.1 Å². The van der Waals surface area contributed by atoms with Gasteiger partial charge in [0.2, 0.25) is 5.91 Å². The number of benzene rings is 2. The molecule has 3 rings (SSSR count). The number of imidazole rings is 1. The summed E-state index contributed by atoms with van der Waals surface area (Å²) >= 11 is 0. The summed E-state index contributed by atoms with van der Waals surface area (Å²) in [5.74, 6) is 1.42. The molecule has 5 nitrogen and oxygen atoms in total. The molecule has 0 aliphatic carbocycles. The van der Waals surface area contributed by atoms with Crippen LogP contribution in [-0.2, 0) is 11.3 Å². The van der Waals surface area contributed by atoms with Gasteiger partial charge in [0.1, 0.15) is 18.2 Å². The number of rotatable bonds is 7. The average molecular weight is 335 g/mol. The fourth-order valence-electron chi connectivity index (χ4n) is 2.77. The highest BCUT2D eigenvalue weighted by Crippen LogP contribution is 2.21. The van der Waals surface area contributed by atoms with Gasteiger partial charge in [-0.2, -0.15) is 0 Å². The van der Waals surface area contributed by atoms with Crippen molar-refractivity contribution in [2.75, 3.05) is 6.61 Å². The van der Waals surface area contributed by atoms with Crippen molar-refractivity contribution in [2.24, 2.45) is 0 Å². The zero-order valence-corrected chi connectivity index (χ0v) is 14.2. The van der Waals surface area contributed by atoms with Crippen molar-refractivity contribution in [2.45, 2.75) is 19.5 Å². The van der Waals surface area contributed by atoms with Gasteiger partial charge >= 0.3 is 0 Å². The quantitative estimate of drug-likeness (QED) is 0.673.